The number of anilines is 1. The topological polar surface area (TPSA) is 59.2 Å². The first kappa shape index (κ1) is 11.1. The lowest BCUT2D eigenvalue weighted by atomic mass is 9.92. The van der Waals surface area contributed by atoms with Gasteiger partial charge in [0.15, 0.2) is 5.82 Å². The average molecular weight is 258 g/mol. The van der Waals surface area contributed by atoms with Crippen molar-refractivity contribution in [1.82, 2.24) is 25.3 Å². The van der Waals surface area contributed by atoms with Gasteiger partial charge in [0, 0.05) is 24.2 Å². The molecule has 2 aromatic heterocycles. The van der Waals surface area contributed by atoms with E-state index in [1.807, 2.05) is 0 Å². The van der Waals surface area contributed by atoms with Crippen molar-refractivity contribution in [2.45, 2.75) is 44.9 Å². The van der Waals surface area contributed by atoms with Gasteiger partial charge in [0.2, 0.25) is 5.65 Å². The van der Waals surface area contributed by atoms with Gasteiger partial charge in [0.25, 0.3) is 0 Å². The first-order chi connectivity index (χ1) is 9.43. The number of hydrogen-bond donors (Lipinski definition) is 0. The smallest absolute Gasteiger partial charge is 0.203 e. The van der Waals surface area contributed by atoms with Crippen molar-refractivity contribution in [3.8, 4) is 0 Å². The van der Waals surface area contributed by atoms with Crippen LogP contribution >= 0.6 is 0 Å². The Morgan fingerprint density at radius 1 is 0.842 bits per heavy atom. The first-order valence-electron chi connectivity index (χ1n) is 7.28. The number of piperidine rings is 1. The van der Waals surface area contributed by atoms with Crippen LogP contribution in [0.3, 0.4) is 0 Å². The molecule has 2 aromatic rings. The minimum absolute atomic E-state index is 0.857. The summed E-state index contributed by atoms with van der Waals surface area (Å²) in [5.41, 5.74) is 3.58. The van der Waals surface area contributed by atoms with Crippen LogP contribution in [0.15, 0.2) is 0 Å². The zero-order chi connectivity index (χ0) is 12.7. The highest BCUT2D eigenvalue weighted by molar-refractivity contribution is 5.60. The maximum atomic E-state index is 4.68. The number of hydrogen-bond acceptors (Lipinski definition) is 5. The highest BCUT2D eigenvalue weighted by Gasteiger charge is 2.24. The minimum Gasteiger partial charge on any atom is -0.355 e. The van der Waals surface area contributed by atoms with E-state index in [1.54, 1.807) is 4.63 Å². The fourth-order valence-electron chi connectivity index (χ4n) is 3.34. The van der Waals surface area contributed by atoms with Crippen molar-refractivity contribution in [2.24, 2.45) is 0 Å². The van der Waals surface area contributed by atoms with Crippen LogP contribution in [0.25, 0.3) is 5.65 Å². The molecule has 6 heteroatoms. The predicted octanol–water partition coefficient (Wildman–Crippen LogP) is 1.39. The average Bonchev–Trinajstić information content (AvgIpc) is 2.96. The van der Waals surface area contributed by atoms with Crippen molar-refractivity contribution in [3.05, 3.63) is 11.1 Å². The van der Waals surface area contributed by atoms with Crippen molar-refractivity contribution >= 4 is 11.5 Å². The van der Waals surface area contributed by atoms with Crippen LogP contribution in [-0.2, 0) is 12.8 Å². The Labute approximate surface area is 111 Å². The lowest BCUT2D eigenvalue weighted by Gasteiger charge is -2.31. The van der Waals surface area contributed by atoms with Crippen LogP contribution in [0, 0.1) is 0 Å². The third-order valence-electron chi connectivity index (χ3n) is 4.31. The van der Waals surface area contributed by atoms with Gasteiger partial charge in [0.05, 0.1) is 0 Å². The highest BCUT2D eigenvalue weighted by atomic mass is 15.6. The van der Waals surface area contributed by atoms with E-state index in [0.29, 0.717) is 0 Å². The van der Waals surface area contributed by atoms with Gasteiger partial charge in [-0.3, -0.25) is 0 Å². The molecule has 0 spiro atoms. The Morgan fingerprint density at radius 3 is 2.47 bits per heavy atom. The van der Waals surface area contributed by atoms with Gasteiger partial charge in [-0.15, -0.1) is 14.8 Å². The van der Waals surface area contributed by atoms with Crippen LogP contribution in [0.4, 0.5) is 5.82 Å². The second-order valence-electron chi connectivity index (χ2n) is 5.53. The van der Waals surface area contributed by atoms with Crippen molar-refractivity contribution in [2.75, 3.05) is 18.0 Å². The second kappa shape index (κ2) is 4.43. The molecular formula is C13H18N6. The van der Waals surface area contributed by atoms with Crippen LogP contribution in [-0.4, -0.2) is 38.3 Å². The van der Waals surface area contributed by atoms with Gasteiger partial charge in [0.1, 0.15) is 0 Å². The first-order valence-corrected chi connectivity index (χ1v) is 7.28. The van der Waals surface area contributed by atoms with Crippen LogP contribution < -0.4 is 4.90 Å². The Bertz CT molecular complexity index is 598. The van der Waals surface area contributed by atoms with Gasteiger partial charge in [-0.2, -0.15) is 0 Å². The normalized spacial score (nSPS) is 19.7. The summed E-state index contributed by atoms with van der Waals surface area (Å²) in [6.45, 7) is 2.24. The molecule has 0 aromatic carbocycles. The molecule has 100 valence electrons. The molecule has 3 heterocycles. The minimum atomic E-state index is 0.857. The molecule has 19 heavy (non-hydrogen) atoms. The van der Waals surface area contributed by atoms with Gasteiger partial charge in [-0.25, -0.2) is 0 Å². The number of tetrazole rings is 1. The molecule has 0 saturated carbocycles. The molecular weight excluding hydrogens is 240 g/mol. The van der Waals surface area contributed by atoms with Crippen molar-refractivity contribution in [3.63, 3.8) is 0 Å². The number of fused-ring (bicyclic) bond motifs is 3. The fourth-order valence-corrected chi connectivity index (χ4v) is 3.34. The summed E-state index contributed by atoms with van der Waals surface area (Å²) in [7, 11) is 0. The molecule has 4 rings (SSSR count). The Kier molecular flexibility index (Phi) is 2.60. The Hall–Kier alpha value is -1.72. The number of aromatic nitrogens is 5. The molecule has 1 fully saturated rings. The fraction of sp³-hybridized carbons (Fsp3) is 0.692. The summed E-state index contributed by atoms with van der Waals surface area (Å²) in [4.78, 5) is 2.43. The predicted molar refractivity (Wildman–Crippen MR) is 71.3 cm³/mol. The van der Waals surface area contributed by atoms with Crippen molar-refractivity contribution in [1.29, 1.82) is 0 Å². The molecule has 0 bridgehead atoms. The molecule has 0 amide bonds. The summed E-state index contributed by atoms with van der Waals surface area (Å²) in [5, 5.41) is 16.6. The monoisotopic (exact) mass is 258 g/mol. The van der Waals surface area contributed by atoms with E-state index in [1.165, 1.54) is 43.2 Å². The molecule has 1 aliphatic carbocycles. The molecule has 0 atom stereocenters. The molecule has 0 radical (unpaired) electrons. The van der Waals surface area contributed by atoms with Crippen LogP contribution in [0.2, 0.25) is 0 Å². The number of aryl methyl sites for hydroxylation is 1. The molecule has 6 nitrogen and oxygen atoms in total. The summed E-state index contributed by atoms with van der Waals surface area (Å²) in [5.74, 6) is 1.13. The largest absolute Gasteiger partial charge is 0.355 e. The lowest BCUT2D eigenvalue weighted by Crippen LogP contribution is -2.32. The van der Waals surface area contributed by atoms with Crippen molar-refractivity contribution < 1.29 is 0 Å². The number of rotatable bonds is 1. The molecule has 0 N–H and O–H groups in total. The Balaban J connectivity index is 1.88. The van der Waals surface area contributed by atoms with E-state index in [0.717, 1.165) is 37.4 Å². The zero-order valence-electron chi connectivity index (χ0n) is 11.0. The van der Waals surface area contributed by atoms with E-state index in [4.69, 9.17) is 0 Å². The van der Waals surface area contributed by atoms with E-state index < -0.39 is 0 Å². The van der Waals surface area contributed by atoms with Crippen LogP contribution in [0.5, 0.6) is 0 Å². The highest BCUT2D eigenvalue weighted by Crippen LogP contribution is 2.31. The van der Waals surface area contributed by atoms with Gasteiger partial charge < -0.3 is 4.90 Å². The zero-order valence-corrected chi connectivity index (χ0v) is 11.0. The third-order valence-corrected chi connectivity index (χ3v) is 4.31. The maximum absolute atomic E-state index is 4.68. The SMILES string of the molecule is C1CCN(c2nn3nnnc3c3c2CCCC3)CC1. The molecule has 1 aliphatic heterocycles. The quantitative estimate of drug-likeness (QED) is 0.773. The summed E-state index contributed by atoms with van der Waals surface area (Å²) in [6, 6.07) is 0. The van der Waals surface area contributed by atoms with E-state index in [2.05, 4.69) is 25.5 Å². The van der Waals surface area contributed by atoms with Crippen LogP contribution in [0.1, 0.15) is 43.2 Å². The third kappa shape index (κ3) is 1.77. The molecule has 1 saturated heterocycles. The van der Waals surface area contributed by atoms with E-state index in [-0.39, 0.29) is 0 Å². The molecule has 2 aliphatic rings. The van der Waals surface area contributed by atoms with Gasteiger partial charge >= 0.3 is 0 Å². The van der Waals surface area contributed by atoms with Gasteiger partial charge in [-0.05, 0) is 55.4 Å². The number of nitrogens with zero attached hydrogens (tertiary/aromatic N) is 6. The summed E-state index contributed by atoms with van der Waals surface area (Å²) in [6.07, 6.45) is 8.58. The standard InChI is InChI=1S/C13H18N6/c1-4-8-18(9-5-1)13-11-7-3-2-6-10(11)12-14-16-17-19(12)15-13/h1-9H2. The Morgan fingerprint density at radius 2 is 1.63 bits per heavy atom. The maximum Gasteiger partial charge on any atom is 0.203 e. The molecule has 0 unspecified atom stereocenters. The van der Waals surface area contributed by atoms with Gasteiger partial charge in [-0.1, -0.05) is 0 Å². The summed E-state index contributed by atoms with van der Waals surface area (Å²) >= 11 is 0. The lowest BCUT2D eigenvalue weighted by molar-refractivity contribution is 0.559. The summed E-state index contributed by atoms with van der Waals surface area (Å²) < 4.78 is 1.62. The second-order valence-corrected chi connectivity index (χ2v) is 5.53. The van der Waals surface area contributed by atoms with E-state index in [9.17, 15) is 0 Å². The van der Waals surface area contributed by atoms with E-state index >= 15 is 0 Å².